The summed E-state index contributed by atoms with van der Waals surface area (Å²) in [6, 6.07) is 12.0. The number of benzene rings is 1. The molecule has 6 heteroatoms. The Bertz CT molecular complexity index is 1150. The number of nitrogens with zero attached hydrogens (tertiary/aromatic N) is 2. The molecule has 2 aromatic heterocycles. The fourth-order valence-corrected chi connectivity index (χ4v) is 4.16. The van der Waals surface area contributed by atoms with Gasteiger partial charge in [0.05, 0.1) is 18.0 Å². The molecule has 0 saturated carbocycles. The summed E-state index contributed by atoms with van der Waals surface area (Å²) in [5.74, 6) is 0.569. The molecule has 0 spiro atoms. The van der Waals surface area contributed by atoms with Crippen LogP contribution in [0.25, 0.3) is 22.5 Å². The molecule has 3 aromatic rings. The fraction of sp³-hybridized carbons (Fsp3) is 0.360. The molecular weight excluding hydrogens is 392 g/mol. The standard InChI is InChI=1S/C25H28N2O4/c1-16-6-5-10-26-24(16)19-7-8-21-18(12-19)9-11-27-23(13-22(28)17(2)25(21)27)31-15-20(30-4)14-29-3/h5-8,10,12-13,20H,9,11,14-15H2,1-4H3/t20-/m0/s1. The highest BCUT2D eigenvalue weighted by atomic mass is 16.6. The van der Waals surface area contributed by atoms with E-state index in [-0.39, 0.29) is 11.5 Å². The van der Waals surface area contributed by atoms with Crippen LogP contribution in [-0.2, 0) is 22.4 Å². The summed E-state index contributed by atoms with van der Waals surface area (Å²) in [5, 5.41) is 0. The maximum Gasteiger partial charge on any atom is 0.197 e. The second-order valence-corrected chi connectivity index (χ2v) is 7.89. The number of aromatic nitrogens is 2. The van der Waals surface area contributed by atoms with Crippen LogP contribution in [0.2, 0.25) is 0 Å². The average Bonchev–Trinajstić information content (AvgIpc) is 2.79. The minimum Gasteiger partial charge on any atom is -0.476 e. The van der Waals surface area contributed by atoms with Crippen LogP contribution >= 0.6 is 0 Å². The highest BCUT2D eigenvalue weighted by molar-refractivity contribution is 5.75. The summed E-state index contributed by atoms with van der Waals surface area (Å²) in [6.07, 6.45) is 2.48. The summed E-state index contributed by atoms with van der Waals surface area (Å²) in [4.78, 5) is 17.3. The molecule has 0 unspecified atom stereocenters. The zero-order valence-electron chi connectivity index (χ0n) is 18.5. The van der Waals surface area contributed by atoms with Gasteiger partial charge in [0.15, 0.2) is 11.3 Å². The number of methoxy groups -OCH3 is 2. The summed E-state index contributed by atoms with van der Waals surface area (Å²) in [6.45, 7) is 5.44. The van der Waals surface area contributed by atoms with Gasteiger partial charge in [-0.05, 0) is 43.5 Å². The van der Waals surface area contributed by atoms with Crippen LogP contribution in [0.5, 0.6) is 5.88 Å². The minimum atomic E-state index is -0.197. The summed E-state index contributed by atoms with van der Waals surface area (Å²) >= 11 is 0. The molecule has 3 heterocycles. The number of aryl methyl sites for hydroxylation is 2. The van der Waals surface area contributed by atoms with Crippen LogP contribution in [0.15, 0.2) is 47.4 Å². The van der Waals surface area contributed by atoms with E-state index in [0.29, 0.717) is 19.1 Å². The van der Waals surface area contributed by atoms with Crippen molar-refractivity contribution in [1.82, 2.24) is 9.55 Å². The zero-order chi connectivity index (χ0) is 22.0. The van der Waals surface area contributed by atoms with Gasteiger partial charge in [0.25, 0.3) is 0 Å². The molecule has 1 aliphatic rings. The van der Waals surface area contributed by atoms with Crippen molar-refractivity contribution < 1.29 is 14.2 Å². The highest BCUT2D eigenvalue weighted by Gasteiger charge is 2.23. The third kappa shape index (κ3) is 4.13. The fourth-order valence-electron chi connectivity index (χ4n) is 4.16. The zero-order valence-corrected chi connectivity index (χ0v) is 18.5. The van der Waals surface area contributed by atoms with Crippen molar-refractivity contribution in [1.29, 1.82) is 0 Å². The van der Waals surface area contributed by atoms with Gasteiger partial charge in [0.1, 0.15) is 12.7 Å². The summed E-state index contributed by atoms with van der Waals surface area (Å²) in [7, 11) is 3.25. The largest absolute Gasteiger partial charge is 0.476 e. The third-order valence-electron chi connectivity index (χ3n) is 5.87. The van der Waals surface area contributed by atoms with E-state index >= 15 is 0 Å². The van der Waals surface area contributed by atoms with E-state index in [1.54, 1.807) is 20.3 Å². The van der Waals surface area contributed by atoms with E-state index in [9.17, 15) is 4.79 Å². The molecule has 1 aromatic carbocycles. The maximum atomic E-state index is 12.7. The lowest BCUT2D eigenvalue weighted by Gasteiger charge is -2.27. The Hall–Kier alpha value is -2.96. The minimum absolute atomic E-state index is 0.0283. The van der Waals surface area contributed by atoms with E-state index in [0.717, 1.165) is 46.6 Å². The van der Waals surface area contributed by atoms with Crippen LogP contribution in [0, 0.1) is 13.8 Å². The Morgan fingerprint density at radius 1 is 1.13 bits per heavy atom. The van der Waals surface area contributed by atoms with E-state index in [1.807, 2.05) is 19.2 Å². The number of fused-ring (bicyclic) bond motifs is 3. The molecule has 6 nitrogen and oxygen atoms in total. The lowest BCUT2D eigenvalue weighted by molar-refractivity contribution is -0.000948. The molecule has 0 radical (unpaired) electrons. The SMILES string of the molecule is COC[C@@H](COc1cc(=O)c(C)c2n1CCc1cc(-c3ncccc3C)ccc1-2)OC. The summed E-state index contributed by atoms with van der Waals surface area (Å²) < 4.78 is 18.7. The monoisotopic (exact) mass is 420 g/mol. The Kier molecular flexibility index (Phi) is 6.20. The Morgan fingerprint density at radius 3 is 2.71 bits per heavy atom. The second-order valence-electron chi connectivity index (χ2n) is 7.89. The average molecular weight is 421 g/mol. The van der Waals surface area contributed by atoms with Crippen molar-refractivity contribution in [2.75, 3.05) is 27.4 Å². The van der Waals surface area contributed by atoms with Gasteiger partial charge < -0.3 is 18.8 Å². The Balaban J connectivity index is 1.73. The molecule has 0 amide bonds. The van der Waals surface area contributed by atoms with Gasteiger partial charge in [-0.25, -0.2) is 0 Å². The third-order valence-corrected chi connectivity index (χ3v) is 5.87. The van der Waals surface area contributed by atoms with Gasteiger partial charge in [-0.15, -0.1) is 0 Å². The molecule has 31 heavy (non-hydrogen) atoms. The topological polar surface area (TPSA) is 62.6 Å². The van der Waals surface area contributed by atoms with E-state index in [2.05, 4.69) is 40.7 Å². The van der Waals surface area contributed by atoms with Crippen LogP contribution in [0.4, 0.5) is 0 Å². The normalized spacial score (nSPS) is 13.4. The van der Waals surface area contributed by atoms with Crippen molar-refractivity contribution in [2.24, 2.45) is 0 Å². The Labute approximate surface area is 182 Å². The van der Waals surface area contributed by atoms with Gasteiger partial charge in [-0.1, -0.05) is 18.2 Å². The maximum absolute atomic E-state index is 12.7. The van der Waals surface area contributed by atoms with Crippen molar-refractivity contribution in [3.63, 3.8) is 0 Å². The van der Waals surface area contributed by atoms with Crippen molar-refractivity contribution in [3.05, 3.63) is 69.5 Å². The number of hydrogen-bond acceptors (Lipinski definition) is 5. The molecule has 0 N–H and O–H groups in total. The molecule has 0 bridgehead atoms. The predicted octanol–water partition coefficient (Wildman–Crippen LogP) is 3.79. The van der Waals surface area contributed by atoms with E-state index in [1.165, 1.54) is 5.56 Å². The first kappa shape index (κ1) is 21.3. The van der Waals surface area contributed by atoms with Gasteiger partial charge >= 0.3 is 0 Å². The van der Waals surface area contributed by atoms with Gasteiger partial charge in [0, 0.05) is 49.7 Å². The number of hydrogen-bond donors (Lipinski definition) is 0. The first-order chi connectivity index (χ1) is 15.0. The van der Waals surface area contributed by atoms with Crippen molar-refractivity contribution in [3.8, 4) is 28.4 Å². The number of rotatable bonds is 7. The number of ether oxygens (including phenoxy) is 3. The van der Waals surface area contributed by atoms with Gasteiger partial charge in [0.2, 0.25) is 0 Å². The molecule has 0 aliphatic carbocycles. The quantitative estimate of drug-likeness (QED) is 0.582. The van der Waals surface area contributed by atoms with E-state index < -0.39 is 0 Å². The van der Waals surface area contributed by atoms with Crippen LogP contribution in [0.3, 0.4) is 0 Å². The molecule has 0 fully saturated rings. The predicted molar refractivity (Wildman–Crippen MR) is 121 cm³/mol. The molecular formula is C25H28N2O4. The first-order valence-electron chi connectivity index (χ1n) is 10.5. The molecule has 1 atom stereocenters. The molecule has 4 rings (SSSR count). The van der Waals surface area contributed by atoms with Crippen molar-refractivity contribution >= 4 is 0 Å². The first-order valence-corrected chi connectivity index (χ1v) is 10.5. The number of pyridine rings is 2. The smallest absolute Gasteiger partial charge is 0.197 e. The van der Waals surface area contributed by atoms with Crippen LogP contribution in [-0.4, -0.2) is 43.1 Å². The van der Waals surface area contributed by atoms with Crippen LogP contribution < -0.4 is 10.2 Å². The molecule has 0 saturated heterocycles. The lowest BCUT2D eigenvalue weighted by Crippen LogP contribution is -2.28. The van der Waals surface area contributed by atoms with Gasteiger partial charge in [-0.3, -0.25) is 9.78 Å². The van der Waals surface area contributed by atoms with Crippen LogP contribution in [0.1, 0.15) is 16.7 Å². The van der Waals surface area contributed by atoms with Crippen molar-refractivity contribution in [2.45, 2.75) is 32.9 Å². The van der Waals surface area contributed by atoms with E-state index in [4.69, 9.17) is 14.2 Å². The van der Waals surface area contributed by atoms with Gasteiger partial charge in [-0.2, -0.15) is 0 Å². The lowest BCUT2D eigenvalue weighted by atomic mass is 9.91. The molecule has 162 valence electrons. The second kappa shape index (κ2) is 9.04. The highest BCUT2D eigenvalue weighted by Crippen LogP contribution is 2.36. The molecule has 1 aliphatic heterocycles. The Morgan fingerprint density at radius 2 is 1.97 bits per heavy atom. The summed E-state index contributed by atoms with van der Waals surface area (Å²) in [5.41, 5.74) is 7.15.